The molecule has 0 atom stereocenters. The predicted molar refractivity (Wildman–Crippen MR) is 72.5 cm³/mol. The molecule has 1 rings (SSSR count). The third-order valence-electron chi connectivity index (χ3n) is 2.14. The Kier molecular flexibility index (Phi) is 4.36. The van der Waals surface area contributed by atoms with Crippen LogP contribution in [0.5, 0.6) is 0 Å². The summed E-state index contributed by atoms with van der Waals surface area (Å²) in [6.07, 6.45) is 2.66. The van der Waals surface area contributed by atoms with Gasteiger partial charge in [-0.05, 0) is 23.5 Å². The van der Waals surface area contributed by atoms with E-state index in [-0.39, 0.29) is 10.5 Å². The highest BCUT2D eigenvalue weighted by molar-refractivity contribution is 7.97. The van der Waals surface area contributed by atoms with Crippen LogP contribution in [-0.4, -0.2) is 5.12 Å². The maximum atomic E-state index is 11.4. The summed E-state index contributed by atoms with van der Waals surface area (Å²) in [5, 5.41) is -0.140. The van der Waals surface area contributed by atoms with Gasteiger partial charge in [-0.3, -0.25) is 4.79 Å². The van der Waals surface area contributed by atoms with Gasteiger partial charge in [0.15, 0.2) is 0 Å². The van der Waals surface area contributed by atoms with Crippen molar-refractivity contribution in [1.29, 1.82) is 0 Å². The summed E-state index contributed by atoms with van der Waals surface area (Å²) in [7, 11) is 0. The predicted octanol–water partition coefficient (Wildman–Crippen LogP) is 3.96. The second kappa shape index (κ2) is 5.35. The minimum Gasteiger partial charge on any atom is -0.282 e. The van der Waals surface area contributed by atoms with Gasteiger partial charge in [0.1, 0.15) is 0 Å². The van der Waals surface area contributed by atoms with Gasteiger partial charge in [0.2, 0.25) is 5.12 Å². The lowest BCUT2D eigenvalue weighted by Crippen LogP contribution is -2.09. The zero-order chi connectivity index (χ0) is 12.2. The molecule has 2 heteroatoms. The molecule has 1 aromatic carbocycles. The van der Waals surface area contributed by atoms with Crippen molar-refractivity contribution in [3.63, 3.8) is 0 Å². The molecule has 1 nitrogen and oxygen atoms in total. The first kappa shape index (κ1) is 13.0. The number of thiol groups is 1. The number of rotatable bonds is 3. The maximum Gasteiger partial charge on any atom is 0.212 e. The van der Waals surface area contributed by atoms with Crippen LogP contribution in [0, 0.1) is 5.41 Å². The molecule has 0 saturated carbocycles. The smallest absolute Gasteiger partial charge is 0.212 e. The fraction of sp³-hybridized carbons (Fsp3) is 0.357. The maximum absolute atomic E-state index is 11.4. The third-order valence-corrected chi connectivity index (χ3v) is 2.42. The molecule has 0 radical (unpaired) electrons. The van der Waals surface area contributed by atoms with Crippen LogP contribution in [0.15, 0.2) is 35.9 Å². The molecular formula is C14H18OS. The highest BCUT2D eigenvalue weighted by atomic mass is 32.1. The van der Waals surface area contributed by atoms with Gasteiger partial charge in [0, 0.05) is 5.57 Å². The second-order valence-corrected chi connectivity index (χ2v) is 5.53. The van der Waals surface area contributed by atoms with Gasteiger partial charge in [-0.15, -0.1) is 12.6 Å². The van der Waals surface area contributed by atoms with Gasteiger partial charge in [-0.2, -0.15) is 0 Å². The van der Waals surface area contributed by atoms with Crippen LogP contribution < -0.4 is 0 Å². The Morgan fingerprint density at radius 3 is 2.25 bits per heavy atom. The molecule has 0 spiro atoms. The molecule has 1 aromatic rings. The van der Waals surface area contributed by atoms with Crippen molar-refractivity contribution in [3.05, 3.63) is 41.5 Å². The number of carbonyl (C=O) groups excluding carboxylic acids is 1. The molecule has 0 heterocycles. The first-order chi connectivity index (χ1) is 7.38. The fourth-order valence-electron chi connectivity index (χ4n) is 1.51. The minimum atomic E-state index is -0.140. The fourth-order valence-corrected chi connectivity index (χ4v) is 1.65. The van der Waals surface area contributed by atoms with Crippen molar-refractivity contribution in [1.82, 2.24) is 0 Å². The van der Waals surface area contributed by atoms with Crippen LogP contribution in [-0.2, 0) is 4.79 Å². The van der Waals surface area contributed by atoms with E-state index in [1.807, 2.05) is 36.4 Å². The average Bonchev–Trinajstić information content (AvgIpc) is 2.16. The third kappa shape index (κ3) is 4.67. The summed E-state index contributed by atoms with van der Waals surface area (Å²) in [6, 6.07) is 9.86. The molecule has 0 unspecified atom stereocenters. The van der Waals surface area contributed by atoms with Crippen molar-refractivity contribution < 1.29 is 4.79 Å². The van der Waals surface area contributed by atoms with E-state index in [0.717, 1.165) is 17.6 Å². The molecule has 0 aliphatic carbocycles. The first-order valence-corrected chi connectivity index (χ1v) is 5.82. The molecule has 0 aromatic heterocycles. The molecule has 0 aliphatic rings. The molecule has 0 saturated heterocycles. The van der Waals surface area contributed by atoms with E-state index < -0.39 is 0 Å². The Hall–Kier alpha value is -1.02. The van der Waals surface area contributed by atoms with Crippen LogP contribution in [0.4, 0.5) is 0 Å². The molecule has 86 valence electrons. The van der Waals surface area contributed by atoms with E-state index in [2.05, 4.69) is 33.4 Å². The summed E-state index contributed by atoms with van der Waals surface area (Å²) < 4.78 is 0. The van der Waals surface area contributed by atoms with Crippen molar-refractivity contribution in [2.75, 3.05) is 0 Å². The molecule has 0 fully saturated rings. The standard InChI is InChI=1S/C14H18OS/c1-14(2,3)10-12(13(15)16)9-11-7-5-4-6-8-11/h4-9H,10H2,1-3H3,(H,15,16)/b12-9-. The van der Waals surface area contributed by atoms with E-state index in [4.69, 9.17) is 0 Å². The first-order valence-electron chi connectivity index (χ1n) is 5.37. The second-order valence-electron chi connectivity index (χ2n) is 5.12. The SMILES string of the molecule is CC(C)(C)C/C(=C/c1ccccc1)C(=O)S. The Labute approximate surface area is 103 Å². The highest BCUT2D eigenvalue weighted by Gasteiger charge is 2.16. The van der Waals surface area contributed by atoms with Gasteiger partial charge < -0.3 is 0 Å². The van der Waals surface area contributed by atoms with Crippen LogP contribution in [0.25, 0.3) is 6.08 Å². The number of hydrogen-bond donors (Lipinski definition) is 1. The summed E-state index contributed by atoms with van der Waals surface area (Å²) in [4.78, 5) is 11.4. The number of carbonyl (C=O) groups is 1. The lowest BCUT2D eigenvalue weighted by Gasteiger charge is -2.18. The Balaban J connectivity index is 2.95. The Bertz CT molecular complexity index is 385. The topological polar surface area (TPSA) is 17.1 Å². The van der Waals surface area contributed by atoms with Crippen LogP contribution in [0.3, 0.4) is 0 Å². The van der Waals surface area contributed by atoms with Gasteiger partial charge in [0.05, 0.1) is 0 Å². The lowest BCUT2D eigenvalue weighted by molar-refractivity contribution is -0.107. The van der Waals surface area contributed by atoms with Gasteiger partial charge in [-0.25, -0.2) is 0 Å². The van der Waals surface area contributed by atoms with E-state index in [1.165, 1.54) is 0 Å². The summed E-state index contributed by atoms with van der Waals surface area (Å²) >= 11 is 3.93. The molecule has 0 bridgehead atoms. The van der Waals surface area contributed by atoms with E-state index in [0.29, 0.717) is 0 Å². The summed E-state index contributed by atoms with van der Waals surface area (Å²) in [6.45, 7) is 6.34. The normalized spacial score (nSPS) is 12.6. The van der Waals surface area contributed by atoms with Crippen molar-refractivity contribution in [2.24, 2.45) is 5.41 Å². The lowest BCUT2D eigenvalue weighted by atomic mass is 9.87. The van der Waals surface area contributed by atoms with Gasteiger partial charge >= 0.3 is 0 Å². The summed E-state index contributed by atoms with van der Waals surface area (Å²) in [5.41, 5.74) is 1.91. The quantitative estimate of drug-likeness (QED) is 0.618. The molecular weight excluding hydrogens is 216 g/mol. The van der Waals surface area contributed by atoms with Gasteiger partial charge in [0.25, 0.3) is 0 Å². The monoisotopic (exact) mass is 234 g/mol. The van der Waals surface area contributed by atoms with Crippen LogP contribution in [0.1, 0.15) is 32.8 Å². The molecule has 0 aliphatic heterocycles. The molecule has 0 amide bonds. The van der Waals surface area contributed by atoms with E-state index in [1.54, 1.807) is 0 Å². The Morgan fingerprint density at radius 1 is 1.25 bits per heavy atom. The van der Waals surface area contributed by atoms with Crippen molar-refractivity contribution in [3.8, 4) is 0 Å². The minimum absolute atomic E-state index is 0.0962. The molecule has 16 heavy (non-hydrogen) atoms. The molecule has 0 N–H and O–H groups in total. The van der Waals surface area contributed by atoms with Crippen molar-refractivity contribution in [2.45, 2.75) is 27.2 Å². The summed E-state index contributed by atoms with van der Waals surface area (Å²) in [5.74, 6) is 0. The zero-order valence-corrected chi connectivity index (χ0v) is 10.9. The average molecular weight is 234 g/mol. The van der Waals surface area contributed by atoms with Crippen molar-refractivity contribution >= 4 is 23.8 Å². The van der Waals surface area contributed by atoms with E-state index in [9.17, 15) is 4.79 Å². The van der Waals surface area contributed by atoms with Crippen LogP contribution in [0.2, 0.25) is 0 Å². The van der Waals surface area contributed by atoms with E-state index >= 15 is 0 Å². The number of benzene rings is 1. The highest BCUT2D eigenvalue weighted by Crippen LogP contribution is 2.26. The number of hydrogen-bond acceptors (Lipinski definition) is 1. The van der Waals surface area contributed by atoms with Crippen LogP contribution >= 0.6 is 12.6 Å². The Morgan fingerprint density at radius 2 is 1.81 bits per heavy atom. The largest absolute Gasteiger partial charge is 0.282 e. The zero-order valence-electron chi connectivity index (χ0n) is 10.0. The van der Waals surface area contributed by atoms with Gasteiger partial charge in [-0.1, -0.05) is 51.1 Å².